The molecule has 1 heterocycles. The van der Waals surface area contributed by atoms with Gasteiger partial charge in [0.2, 0.25) is 18.0 Å². The number of fused-ring (bicyclic) bond motifs is 1. The van der Waals surface area contributed by atoms with Gasteiger partial charge in [-0.1, -0.05) is 48.5 Å². The number of hydrogen-bond acceptors (Lipinski definition) is 4. The zero-order valence-electron chi connectivity index (χ0n) is 20.0. The van der Waals surface area contributed by atoms with Crippen LogP contribution in [0.1, 0.15) is 30.4 Å². The Bertz CT molecular complexity index is 1210. The van der Waals surface area contributed by atoms with Crippen molar-refractivity contribution in [1.29, 1.82) is 0 Å². The Balaban J connectivity index is 2.02. The first-order chi connectivity index (χ1) is 17.7. The summed E-state index contributed by atoms with van der Waals surface area (Å²) >= 11 is 0. The van der Waals surface area contributed by atoms with E-state index in [-0.39, 0.29) is 5.71 Å². The van der Waals surface area contributed by atoms with Gasteiger partial charge in [0.05, 0.1) is 23.7 Å². The predicted octanol–water partition coefficient (Wildman–Crippen LogP) is 3.96. The van der Waals surface area contributed by atoms with Crippen LogP contribution in [0.25, 0.3) is 0 Å². The molecule has 38 heavy (non-hydrogen) atoms. The van der Waals surface area contributed by atoms with E-state index in [0.29, 0.717) is 16.8 Å². The number of hydrogen-bond donors (Lipinski definition) is 2. The molecular formula is C25H24F6N4O3. The van der Waals surface area contributed by atoms with Gasteiger partial charge in [0, 0.05) is 30.5 Å². The Morgan fingerprint density at radius 2 is 1.58 bits per heavy atom. The van der Waals surface area contributed by atoms with Crippen LogP contribution in [-0.2, 0) is 14.4 Å². The lowest BCUT2D eigenvalue weighted by Crippen LogP contribution is -2.50. The summed E-state index contributed by atoms with van der Waals surface area (Å²) in [6, 6.07) is 15.1. The number of carbonyl (C=O) groups is 3. The third-order valence-electron chi connectivity index (χ3n) is 6.05. The molecule has 13 heteroatoms. The number of rotatable bonds is 8. The van der Waals surface area contributed by atoms with E-state index in [1.54, 1.807) is 54.6 Å². The molecule has 0 fully saturated rings. The van der Waals surface area contributed by atoms with Crippen molar-refractivity contribution in [3.8, 4) is 0 Å². The highest BCUT2D eigenvalue weighted by atomic mass is 19.4. The van der Waals surface area contributed by atoms with Crippen LogP contribution < -0.4 is 16.0 Å². The van der Waals surface area contributed by atoms with Gasteiger partial charge in [0.15, 0.2) is 0 Å². The average molecular weight is 542 g/mol. The molecule has 1 aliphatic heterocycles. The fourth-order valence-corrected chi connectivity index (χ4v) is 4.21. The van der Waals surface area contributed by atoms with Gasteiger partial charge in [0.25, 0.3) is 5.91 Å². The van der Waals surface area contributed by atoms with Crippen LogP contribution in [0.2, 0.25) is 0 Å². The summed E-state index contributed by atoms with van der Waals surface area (Å²) in [5.74, 6) is -8.18. The van der Waals surface area contributed by atoms with E-state index in [1.807, 2.05) is 0 Å². The molecular weight excluding hydrogens is 518 g/mol. The molecule has 0 aromatic heterocycles. The number of benzodiazepines with no additional fused rings is 1. The van der Waals surface area contributed by atoms with Crippen LogP contribution in [0.4, 0.5) is 32.0 Å². The summed E-state index contributed by atoms with van der Waals surface area (Å²) < 4.78 is 78.4. The van der Waals surface area contributed by atoms with Gasteiger partial charge in [-0.15, -0.1) is 0 Å². The Labute approximate surface area is 213 Å². The number of para-hydroxylation sites is 1. The number of nitrogens with two attached hydrogens (primary N) is 1. The van der Waals surface area contributed by atoms with Crippen molar-refractivity contribution in [1.82, 2.24) is 5.32 Å². The number of carbonyl (C=O) groups excluding carboxylic acids is 3. The summed E-state index contributed by atoms with van der Waals surface area (Å²) in [5.41, 5.74) is 6.82. The quantitative estimate of drug-likeness (QED) is 0.494. The smallest absolute Gasteiger partial charge is 0.369 e. The number of aliphatic imine (C=N–C) groups is 1. The van der Waals surface area contributed by atoms with E-state index in [1.165, 1.54) is 7.05 Å². The molecule has 0 aliphatic carbocycles. The highest BCUT2D eigenvalue weighted by Crippen LogP contribution is 2.34. The summed E-state index contributed by atoms with van der Waals surface area (Å²) in [6.45, 7) is 0. The lowest BCUT2D eigenvalue weighted by Gasteiger charge is -2.27. The van der Waals surface area contributed by atoms with E-state index < -0.39 is 67.3 Å². The minimum atomic E-state index is -5.02. The zero-order valence-corrected chi connectivity index (χ0v) is 20.0. The molecule has 204 valence electrons. The number of nitrogens with zero attached hydrogens (tertiary/aromatic N) is 2. The summed E-state index contributed by atoms with van der Waals surface area (Å²) in [6.07, 6.45) is -16.2. The summed E-state index contributed by atoms with van der Waals surface area (Å²) in [5, 5.41) is 2.12. The maximum absolute atomic E-state index is 13.4. The normalized spacial score (nSPS) is 17.7. The van der Waals surface area contributed by atoms with Crippen LogP contribution in [0.15, 0.2) is 59.6 Å². The van der Waals surface area contributed by atoms with Crippen molar-refractivity contribution in [2.24, 2.45) is 22.6 Å². The van der Waals surface area contributed by atoms with Gasteiger partial charge in [-0.25, -0.2) is 4.99 Å². The molecule has 0 saturated heterocycles. The molecule has 3 rings (SSSR count). The molecule has 3 atom stereocenters. The van der Waals surface area contributed by atoms with Crippen LogP contribution >= 0.6 is 0 Å². The third-order valence-corrected chi connectivity index (χ3v) is 6.05. The van der Waals surface area contributed by atoms with E-state index in [2.05, 4.69) is 10.3 Å². The van der Waals surface area contributed by atoms with Gasteiger partial charge in [-0.2, -0.15) is 26.3 Å². The Morgan fingerprint density at radius 3 is 2.16 bits per heavy atom. The van der Waals surface area contributed by atoms with Crippen molar-refractivity contribution in [2.45, 2.75) is 37.8 Å². The highest BCUT2D eigenvalue weighted by Gasteiger charge is 2.44. The van der Waals surface area contributed by atoms with E-state index in [0.717, 1.165) is 4.90 Å². The number of anilines is 1. The van der Waals surface area contributed by atoms with Crippen LogP contribution in [0.3, 0.4) is 0 Å². The molecule has 7 nitrogen and oxygen atoms in total. The van der Waals surface area contributed by atoms with Crippen LogP contribution in [0, 0.1) is 11.8 Å². The van der Waals surface area contributed by atoms with Crippen molar-refractivity contribution in [3.63, 3.8) is 0 Å². The predicted molar refractivity (Wildman–Crippen MR) is 126 cm³/mol. The second-order valence-corrected chi connectivity index (χ2v) is 8.76. The number of nitrogens with one attached hydrogen (secondary N) is 1. The van der Waals surface area contributed by atoms with Crippen LogP contribution in [0.5, 0.6) is 0 Å². The Hall–Kier alpha value is -3.90. The van der Waals surface area contributed by atoms with Gasteiger partial charge < -0.3 is 16.0 Å². The number of halogens is 6. The topological polar surface area (TPSA) is 105 Å². The fourth-order valence-electron chi connectivity index (χ4n) is 4.21. The van der Waals surface area contributed by atoms with Crippen LogP contribution in [-0.4, -0.2) is 49.0 Å². The Morgan fingerprint density at radius 1 is 0.974 bits per heavy atom. The van der Waals surface area contributed by atoms with Gasteiger partial charge in [-0.05, 0) is 12.5 Å². The zero-order chi connectivity index (χ0) is 28.3. The second-order valence-electron chi connectivity index (χ2n) is 8.76. The number of benzene rings is 2. The SMILES string of the molecule is CN1C(=O)[C@@H](NC(=O)[C@H](CC(F)(F)F)[C@H](CCC(F)(F)F)C(N)=O)N=C(c2ccccc2)c2ccccc21. The standard InChI is InChI=1S/C25H24F6N4O3/c1-35-18-10-6-5-9-16(18)19(14-7-3-2-4-8-14)33-21(23(35)38)34-22(37)17(13-25(29,30)31)15(20(32)36)11-12-24(26,27)28/h2-10,15,17,21H,11-13H2,1H3,(H2,32,36)(H,34,37)/t15-,17+,21+/m0/s1. The van der Waals surface area contributed by atoms with E-state index in [9.17, 15) is 40.7 Å². The maximum atomic E-state index is 13.4. The summed E-state index contributed by atoms with van der Waals surface area (Å²) in [4.78, 5) is 43.7. The molecule has 3 amide bonds. The third kappa shape index (κ3) is 7.11. The van der Waals surface area contributed by atoms with E-state index in [4.69, 9.17) is 5.73 Å². The fraction of sp³-hybridized carbons (Fsp3) is 0.360. The maximum Gasteiger partial charge on any atom is 0.389 e. The highest BCUT2D eigenvalue weighted by molar-refractivity contribution is 6.20. The largest absolute Gasteiger partial charge is 0.389 e. The monoisotopic (exact) mass is 542 g/mol. The lowest BCUT2D eigenvalue weighted by molar-refractivity contribution is -0.164. The molecule has 0 unspecified atom stereocenters. The van der Waals surface area contributed by atoms with Gasteiger partial charge in [0.1, 0.15) is 0 Å². The van der Waals surface area contributed by atoms with Crippen molar-refractivity contribution in [2.75, 3.05) is 11.9 Å². The number of amides is 3. The average Bonchev–Trinajstić information content (AvgIpc) is 2.93. The molecule has 2 aromatic carbocycles. The molecule has 0 spiro atoms. The molecule has 1 aliphatic rings. The van der Waals surface area contributed by atoms with Crippen molar-refractivity contribution in [3.05, 3.63) is 65.7 Å². The van der Waals surface area contributed by atoms with Crippen molar-refractivity contribution >= 4 is 29.1 Å². The molecule has 0 bridgehead atoms. The second kappa shape index (κ2) is 11.2. The van der Waals surface area contributed by atoms with Gasteiger partial charge in [-0.3, -0.25) is 14.4 Å². The number of primary amides is 1. The first-order valence-corrected chi connectivity index (χ1v) is 11.4. The molecule has 0 radical (unpaired) electrons. The number of likely N-dealkylation sites (N-methyl/N-ethyl adjacent to an activating group) is 1. The summed E-state index contributed by atoms with van der Waals surface area (Å²) in [7, 11) is 1.38. The molecule has 2 aromatic rings. The Kier molecular flexibility index (Phi) is 8.48. The van der Waals surface area contributed by atoms with Gasteiger partial charge >= 0.3 is 12.4 Å². The lowest BCUT2D eigenvalue weighted by atomic mass is 9.84. The molecule has 3 N–H and O–H groups in total. The van der Waals surface area contributed by atoms with E-state index >= 15 is 0 Å². The molecule has 0 saturated carbocycles. The van der Waals surface area contributed by atoms with Crippen molar-refractivity contribution < 1.29 is 40.7 Å². The number of alkyl halides is 6. The minimum Gasteiger partial charge on any atom is -0.369 e. The minimum absolute atomic E-state index is 0.250. The first kappa shape index (κ1) is 28.7. The first-order valence-electron chi connectivity index (χ1n) is 11.4.